The van der Waals surface area contributed by atoms with E-state index < -0.39 is 0 Å². The Morgan fingerprint density at radius 1 is 1.21 bits per heavy atom. The average Bonchev–Trinajstić information content (AvgIpc) is 2.95. The van der Waals surface area contributed by atoms with Crippen LogP contribution in [0.25, 0.3) is 0 Å². The van der Waals surface area contributed by atoms with Gasteiger partial charge in [-0.2, -0.15) is 0 Å². The first-order valence-electron chi connectivity index (χ1n) is 6.05. The highest BCUT2D eigenvalue weighted by Crippen LogP contribution is 2.52. The fraction of sp³-hybridized carbons (Fsp3) is 1.00. The van der Waals surface area contributed by atoms with Gasteiger partial charge in [-0.15, -0.1) is 0 Å². The third-order valence-corrected chi connectivity index (χ3v) is 4.85. The molecule has 2 saturated carbocycles. The summed E-state index contributed by atoms with van der Waals surface area (Å²) in [7, 11) is 2.20. The maximum atomic E-state index is 2.35. The minimum Gasteiger partial charge on any atom is -0.254 e. The molecule has 0 N–H and O–H groups in total. The summed E-state index contributed by atoms with van der Waals surface area (Å²) < 4.78 is 2.35. The van der Waals surface area contributed by atoms with E-state index >= 15 is 0 Å². The smallest absolute Gasteiger partial charge is 0.00862 e. The molecule has 0 saturated heterocycles. The number of nitrogens with zero attached hydrogens (tertiary/aromatic N) is 1. The third-order valence-electron chi connectivity index (χ3n) is 4.05. The van der Waals surface area contributed by atoms with E-state index in [-0.39, 0.29) is 0 Å². The molecule has 0 aromatic heterocycles. The molecule has 2 fully saturated rings. The first-order chi connectivity index (χ1) is 6.79. The van der Waals surface area contributed by atoms with Crippen LogP contribution < -0.4 is 0 Å². The topological polar surface area (TPSA) is 3.24 Å². The predicted octanol–water partition coefficient (Wildman–Crippen LogP) is 3.41. The standard InChI is InChI=1S/C12H23NS/c1-13(14-2)7-3-4-10-5-6-11-9-12(11)8-10/h10-12H,3-9H2,1-2H3. The lowest BCUT2D eigenvalue weighted by molar-refractivity contribution is 0.312. The van der Waals surface area contributed by atoms with Crippen LogP contribution in [0.4, 0.5) is 0 Å². The predicted molar refractivity (Wildman–Crippen MR) is 64.3 cm³/mol. The number of fused-ring (bicyclic) bond motifs is 1. The van der Waals surface area contributed by atoms with Gasteiger partial charge in [0.2, 0.25) is 0 Å². The molecule has 2 rings (SSSR count). The van der Waals surface area contributed by atoms with Crippen LogP contribution in [0, 0.1) is 17.8 Å². The van der Waals surface area contributed by atoms with Gasteiger partial charge >= 0.3 is 0 Å². The molecule has 0 heterocycles. The third kappa shape index (κ3) is 2.90. The first kappa shape index (κ1) is 10.8. The van der Waals surface area contributed by atoms with Gasteiger partial charge in [0, 0.05) is 6.54 Å². The van der Waals surface area contributed by atoms with Crippen LogP contribution in [0.2, 0.25) is 0 Å². The Balaban J connectivity index is 1.56. The van der Waals surface area contributed by atoms with Crippen LogP contribution >= 0.6 is 11.9 Å². The highest BCUT2D eigenvalue weighted by molar-refractivity contribution is 7.96. The molecule has 0 bridgehead atoms. The van der Waals surface area contributed by atoms with E-state index in [2.05, 4.69) is 17.6 Å². The molecular weight excluding hydrogens is 190 g/mol. The van der Waals surface area contributed by atoms with Crippen molar-refractivity contribution in [2.45, 2.75) is 38.5 Å². The Labute approximate surface area is 92.8 Å². The van der Waals surface area contributed by atoms with Crippen molar-refractivity contribution in [2.24, 2.45) is 17.8 Å². The van der Waals surface area contributed by atoms with Gasteiger partial charge in [0.1, 0.15) is 0 Å². The average molecular weight is 213 g/mol. The van der Waals surface area contributed by atoms with Crippen molar-refractivity contribution in [3.05, 3.63) is 0 Å². The van der Waals surface area contributed by atoms with Gasteiger partial charge in [-0.05, 0) is 63.2 Å². The fourth-order valence-electron chi connectivity index (χ4n) is 2.90. The summed E-state index contributed by atoms with van der Waals surface area (Å²) in [5.74, 6) is 3.40. The molecule has 1 nitrogen and oxygen atoms in total. The van der Waals surface area contributed by atoms with Gasteiger partial charge in [-0.1, -0.05) is 18.4 Å². The van der Waals surface area contributed by atoms with Crippen molar-refractivity contribution >= 4 is 11.9 Å². The van der Waals surface area contributed by atoms with E-state index in [4.69, 9.17) is 0 Å². The number of rotatable bonds is 5. The Morgan fingerprint density at radius 2 is 2.07 bits per heavy atom. The molecule has 2 heteroatoms. The molecule has 82 valence electrons. The van der Waals surface area contributed by atoms with Crippen LogP contribution in [-0.4, -0.2) is 24.2 Å². The minimum absolute atomic E-state index is 1.08. The lowest BCUT2D eigenvalue weighted by atomic mass is 9.86. The van der Waals surface area contributed by atoms with Crippen LogP contribution in [-0.2, 0) is 0 Å². The maximum absolute atomic E-state index is 2.35. The maximum Gasteiger partial charge on any atom is 0.00862 e. The second kappa shape index (κ2) is 4.89. The summed E-state index contributed by atoms with van der Waals surface area (Å²) in [5, 5.41) is 0. The van der Waals surface area contributed by atoms with E-state index in [0.29, 0.717) is 0 Å². The molecule has 0 aromatic rings. The largest absolute Gasteiger partial charge is 0.254 e. The van der Waals surface area contributed by atoms with Gasteiger partial charge in [0.05, 0.1) is 0 Å². The molecular formula is C12H23NS. The molecule has 3 atom stereocenters. The lowest BCUT2D eigenvalue weighted by Crippen LogP contribution is -2.14. The van der Waals surface area contributed by atoms with Crippen molar-refractivity contribution in [1.29, 1.82) is 0 Å². The quantitative estimate of drug-likeness (QED) is 0.644. The van der Waals surface area contributed by atoms with E-state index in [1.807, 2.05) is 11.9 Å². The highest BCUT2D eigenvalue weighted by atomic mass is 32.2. The van der Waals surface area contributed by atoms with Crippen molar-refractivity contribution in [2.75, 3.05) is 19.8 Å². The summed E-state index contributed by atoms with van der Waals surface area (Å²) in [6.45, 7) is 1.27. The summed E-state index contributed by atoms with van der Waals surface area (Å²) in [6.07, 6.45) is 11.3. The zero-order chi connectivity index (χ0) is 9.97. The Kier molecular flexibility index (Phi) is 3.78. The second-order valence-corrected chi connectivity index (χ2v) is 6.10. The van der Waals surface area contributed by atoms with Gasteiger partial charge in [0.25, 0.3) is 0 Å². The van der Waals surface area contributed by atoms with Crippen LogP contribution in [0.1, 0.15) is 38.5 Å². The fourth-order valence-corrected chi connectivity index (χ4v) is 3.22. The molecule has 2 aliphatic rings. The van der Waals surface area contributed by atoms with Gasteiger partial charge in [-0.3, -0.25) is 4.31 Å². The zero-order valence-electron chi connectivity index (χ0n) is 9.54. The molecule has 14 heavy (non-hydrogen) atoms. The SMILES string of the molecule is CSN(C)CCCC1CCC2CC2C1. The minimum atomic E-state index is 1.08. The van der Waals surface area contributed by atoms with E-state index in [9.17, 15) is 0 Å². The molecule has 0 aromatic carbocycles. The Hall–Kier alpha value is 0.310. The lowest BCUT2D eigenvalue weighted by Gasteiger charge is -2.22. The van der Waals surface area contributed by atoms with E-state index in [0.717, 1.165) is 11.8 Å². The highest BCUT2D eigenvalue weighted by Gasteiger charge is 2.41. The van der Waals surface area contributed by atoms with Gasteiger partial charge in [0.15, 0.2) is 0 Å². The number of hydrogen-bond acceptors (Lipinski definition) is 2. The van der Waals surface area contributed by atoms with Crippen molar-refractivity contribution in [3.63, 3.8) is 0 Å². The molecule has 0 amide bonds. The summed E-state index contributed by atoms with van der Waals surface area (Å²) >= 11 is 1.85. The molecule has 0 radical (unpaired) electrons. The first-order valence-corrected chi connectivity index (χ1v) is 7.23. The van der Waals surface area contributed by atoms with Gasteiger partial charge < -0.3 is 0 Å². The van der Waals surface area contributed by atoms with Crippen molar-refractivity contribution in [1.82, 2.24) is 4.31 Å². The number of hydrogen-bond donors (Lipinski definition) is 0. The summed E-state index contributed by atoms with van der Waals surface area (Å²) in [5.41, 5.74) is 0. The summed E-state index contributed by atoms with van der Waals surface area (Å²) in [6, 6.07) is 0. The van der Waals surface area contributed by atoms with Crippen LogP contribution in [0.3, 0.4) is 0 Å². The normalized spacial score (nSPS) is 35.8. The second-order valence-electron chi connectivity index (χ2n) is 5.11. The van der Waals surface area contributed by atoms with Crippen molar-refractivity contribution < 1.29 is 0 Å². The summed E-state index contributed by atoms with van der Waals surface area (Å²) in [4.78, 5) is 0. The van der Waals surface area contributed by atoms with Crippen LogP contribution in [0.15, 0.2) is 0 Å². The molecule has 2 aliphatic carbocycles. The zero-order valence-corrected chi connectivity index (χ0v) is 10.4. The molecule has 0 spiro atoms. The Bertz CT molecular complexity index is 183. The van der Waals surface area contributed by atoms with E-state index in [1.165, 1.54) is 31.7 Å². The monoisotopic (exact) mass is 213 g/mol. The van der Waals surface area contributed by atoms with Gasteiger partial charge in [-0.25, -0.2) is 0 Å². The van der Waals surface area contributed by atoms with Crippen molar-refractivity contribution in [3.8, 4) is 0 Å². The Morgan fingerprint density at radius 3 is 2.79 bits per heavy atom. The van der Waals surface area contributed by atoms with E-state index in [1.54, 1.807) is 19.3 Å². The van der Waals surface area contributed by atoms with Crippen LogP contribution in [0.5, 0.6) is 0 Å². The molecule has 3 unspecified atom stereocenters. The molecule has 0 aliphatic heterocycles.